The molecule has 6 nitrogen and oxygen atoms in total. The Morgan fingerprint density at radius 1 is 1.25 bits per heavy atom. The Morgan fingerprint density at radius 2 is 1.85 bits per heavy atom. The molecule has 0 atom stereocenters. The van der Waals surface area contributed by atoms with Crippen molar-refractivity contribution in [1.29, 1.82) is 0 Å². The predicted octanol–water partition coefficient (Wildman–Crippen LogP) is 0.960. The minimum Gasteiger partial charge on any atom is -0.354 e. The number of hydrogen-bond donors (Lipinski definition) is 1. The summed E-state index contributed by atoms with van der Waals surface area (Å²) in [5.41, 5.74) is 1.30. The standard InChI is InChI=1S/C13H19N3O3S/c1-10(2)13(17)14-8-9-16-12-7-5-4-6-11(12)15(3)20(16,18)19/h4-7,10H,8-9H2,1-3H3,(H,14,17). The smallest absolute Gasteiger partial charge is 0.326 e. The number of carbonyl (C=O) groups is 1. The van der Waals surface area contributed by atoms with Crippen LogP contribution in [0.1, 0.15) is 13.8 Å². The lowest BCUT2D eigenvalue weighted by molar-refractivity contribution is -0.123. The number of benzene rings is 1. The van der Waals surface area contributed by atoms with Crippen molar-refractivity contribution in [1.82, 2.24) is 5.32 Å². The van der Waals surface area contributed by atoms with Crippen molar-refractivity contribution >= 4 is 27.5 Å². The topological polar surface area (TPSA) is 69.7 Å². The number of para-hydroxylation sites is 2. The second-order valence-electron chi connectivity index (χ2n) is 4.98. The van der Waals surface area contributed by atoms with Gasteiger partial charge in [-0.25, -0.2) is 4.31 Å². The molecule has 1 heterocycles. The van der Waals surface area contributed by atoms with Gasteiger partial charge >= 0.3 is 10.2 Å². The van der Waals surface area contributed by atoms with Crippen LogP contribution in [0.5, 0.6) is 0 Å². The third-order valence-electron chi connectivity index (χ3n) is 3.25. The second-order valence-corrected chi connectivity index (χ2v) is 6.87. The summed E-state index contributed by atoms with van der Waals surface area (Å²) in [7, 11) is -2.00. The molecule has 0 aromatic heterocycles. The third kappa shape index (κ3) is 2.45. The molecule has 1 aromatic carbocycles. The van der Waals surface area contributed by atoms with Crippen molar-refractivity contribution in [3.05, 3.63) is 24.3 Å². The molecule has 0 aliphatic carbocycles. The molecule has 0 spiro atoms. The molecule has 0 radical (unpaired) electrons. The van der Waals surface area contributed by atoms with Gasteiger partial charge in [-0.3, -0.25) is 9.10 Å². The zero-order chi connectivity index (χ0) is 14.9. The summed E-state index contributed by atoms with van der Waals surface area (Å²) in [5, 5.41) is 2.73. The largest absolute Gasteiger partial charge is 0.354 e. The summed E-state index contributed by atoms with van der Waals surface area (Å²) in [6, 6.07) is 7.13. The number of hydrogen-bond acceptors (Lipinski definition) is 3. The molecule has 0 fully saturated rings. The number of rotatable bonds is 4. The van der Waals surface area contributed by atoms with Gasteiger partial charge in [-0.1, -0.05) is 26.0 Å². The fraction of sp³-hybridized carbons (Fsp3) is 0.462. The van der Waals surface area contributed by atoms with Gasteiger partial charge in [0.25, 0.3) is 0 Å². The van der Waals surface area contributed by atoms with E-state index in [-0.39, 0.29) is 18.4 Å². The van der Waals surface area contributed by atoms with Gasteiger partial charge in [0, 0.05) is 19.5 Å². The molecule has 1 aliphatic heterocycles. The summed E-state index contributed by atoms with van der Waals surface area (Å²) < 4.78 is 27.2. The van der Waals surface area contributed by atoms with Crippen LogP contribution < -0.4 is 13.9 Å². The van der Waals surface area contributed by atoms with Crippen LogP contribution >= 0.6 is 0 Å². The molecule has 1 amide bonds. The first-order valence-corrected chi connectivity index (χ1v) is 7.88. The van der Waals surface area contributed by atoms with E-state index in [1.54, 1.807) is 38.1 Å². The van der Waals surface area contributed by atoms with Gasteiger partial charge < -0.3 is 5.32 Å². The van der Waals surface area contributed by atoms with E-state index >= 15 is 0 Å². The van der Waals surface area contributed by atoms with Crippen molar-refractivity contribution < 1.29 is 13.2 Å². The summed E-state index contributed by atoms with van der Waals surface area (Å²) in [4.78, 5) is 11.5. The van der Waals surface area contributed by atoms with Crippen LogP contribution in [0.4, 0.5) is 11.4 Å². The minimum atomic E-state index is -3.53. The number of carbonyl (C=O) groups excluding carboxylic acids is 1. The van der Waals surface area contributed by atoms with Crippen LogP contribution in [0.2, 0.25) is 0 Å². The van der Waals surface area contributed by atoms with Crippen LogP contribution in [0, 0.1) is 5.92 Å². The van der Waals surface area contributed by atoms with E-state index < -0.39 is 10.2 Å². The minimum absolute atomic E-state index is 0.0803. The molecule has 0 saturated heterocycles. The fourth-order valence-electron chi connectivity index (χ4n) is 2.06. The third-order valence-corrected chi connectivity index (χ3v) is 5.08. The summed E-state index contributed by atoms with van der Waals surface area (Å²) in [5.74, 6) is -0.191. The molecule has 2 rings (SSSR count). The SMILES string of the molecule is CC(C)C(=O)NCCN1c2ccccc2N(C)S1(=O)=O. The molecule has 1 N–H and O–H groups in total. The Hall–Kier alpha value is -1.76. The molecule has 0 unspecified atom stereocenters. The Morgan fingerprint density at radius 3 is 2.45 bits per heavy atom. The van der Waals surface area contributed by atoms with E-state index in [0.29, 0.717) is 17.9 Å². The van der Waals surface area contributed by atoms with E-state index in [1.165, 1.54) is 15.7 Å². The number of anilines is 2. The average Bonchev–Trinajstić information content (AvgIpc) is 2.60. The highest BCUT2D eigenvalue weighted by atomic mass is 32.2. The number of fused-ring (bicyclic) bond motifs is 1. The van der Waals surface area contributed by atoms with Crippen LogP contribution in [0.3, 0.4) is 0 Å². The Bertz CT molecular complexity index is 613. The molecule has 7 heteroatoms. The predicted molar refractivity (Wildman–Crippen MR) is 79.0 cm³/mol. The van der Waals surface area contributed by atoms with E-state index in [1.807, 2.05) is 0 Å². The van der Waals surface area contributed by atoms with Crippen LogP contribution in [-0.4, -0.2) is 34.5 Å². The lowest BCUT2D eigenvalue weighted by atomic mass is 10.2. The molecular formula is C13H19N3O3S. The Balaban J connectivity index is 2.13. The van der Waals surface area contributed by atoms with Gasteiger partial charge in [0.15, 0.2) is 0 Å². The van der Waals surface area contributed by atoms with Gasteiger partial charge in [0.2, 0.25) is 5.91 Å². The fourth-order valence-corrected chi connectivity index (χ4v) is 3.48. The second kappa shape index (κ2) is 5.32. The molecular weight excluding hydrogens is 278 g/mol. The van der Waals surface area contributed by atoms with Crippen molar-refractivity contribution in [3.63, 3.8) is 0 Å². The maximum absolute atomic E-state index is 12.3. The molecule has 110 valence electrons. The number of nitrogens with one attached hydrogen (secondary N) is 1. The van der Waals surface area contributed by atoms with Gasteiger partial charge in [-0.15, -0.1) is 0 Å². The van der Waals surface area contributed by atoms with Gasteiger partial charge in [0.1, 0.15) is 0 Å². The first-order chi connectivity index (χ1) is 9.35. The summed E-state index contributed by atoms with van der Waals surface area (Å²) in [6.45, 7) is 4.11. The maximum Gasteiger partial charge on any atom is 0.326 e. The summed E-state index contributed by atoms with van der Waals surface area (Å²) >= 11 is 0. The average molecular weight is 297 g/mol. The van der Waals surface area contributed by atoms with Crippen LogP contribution in [-0.2, 0) is 15.0 Å². The number of amides is 1. The lowest BCUT2D eigenvalue weighted by Crippen LogP contribution is -2.41. The monoisotopic (exact) mass is 297 g/mol. The van der Waals surface area contributed by atoms with Gasteiger partial charge in [0.05, 0.1) is 17.9 Å². The zero-order valence-electron chi connectivity index (χ0n) is 11.8. The molecule has 0 saturated carbocycles. The van der Waals surface area contributed by atoms with Crippen molar-refractivity contribution in [2.75, 3.05) is 28.7 Å². The molecule has 1 aromatic rings. The number of nitrogens with zero attached hydrogens (tertiary/aromatic N) is 2. The van der Waals surface area contributed by atoms with Crippen LogP contribution in [0.15, 0.2) is 24.3 Å². The van der Waals surface area contributed by atoms with E-state index in [2.05, 4.69) is 5.32 Å². The molecule has 1 aliphatic rings. The molecule has 0 bridgehead atoms. The normalized spacial score (nSPS) is 16.4. The summed E-state index contributed by atoms with van der Waals surface area (Å²) in [6.07, 6.45) is 0. The Labute approximate surface area is 119 Å². The van der Waals surface area contributed by atoms with E-state index in [4.69, 9.17) is 0 Å². The van der Waals surface area contributed by atoms with Gasteiger partial charge in [-0.05, 0) is 12.1 Å². The van der Waals surface area contributed by atoms with E-state index in [0.717, 1.165) is 0 Å². The quantitative estimate of drug-likeness (QED) is 0.900. The zero-order valence-corrected chi connectivity index (χ0v) is 12.6. The highest BCUT2D eigenvalue weighted by Crippen LogP contribution is 2.38. The first kappa shape index (κ1) is 14.6. The van der Waals surface area contributed by atoms with Crippen molar-refractivity contribution in [2.24, 2.45) is 5.92 Å². The first-order valence-electron chi connectivity index (χ1n) is 6.49. The maximum atomic E-state index is 12.3. The highest BCUT2D eigenvalue weighted by Gasteiger charge is 2.37. The molecule has 20 heavy (non-hydrogen) atoms. The van der Waals surface area contributed by atoms with Gasteiger partial charge in [-0.2, -0.15) is 8.42 Å². The Kier molecular flexibility index (Phi) is 3.89. The highest BCUT2D eigenvalue weighted by molar-refractivity contribution is 7.94. The van der Waals surface area contributed by atoms with Crippen molar-refractivity contribution in [3.8, 4) is 0 Å². The van der Waals surface area contributed by atoms with Crippen molar-refractivity contribution in [2.45, 2.75) is 13.8 Å². The lowest BCUT2D eigenvalue weighted by Gasteiger charge is -2.19. The van der Waals surface area contributed by atoms with Crippen LogP contribution in [0.25, 0.3) is 0 Å². The van der Waals surface area contributed by atoms with E-state index in [9.17, 15) is 13.2 Å².